The molecule has 0 bridgehead atoms. The molecule has 0 N–H and O–H groups in total. The molecule has 17 heavy (non-hydrogen) atoms. The highest BCUT2D eigenvalue weighted by molar-refractivity contribution is 9.10. The Morgan fingerprint density at radius 2 is 2.06 bits per heavy atom. The Morgan fingerprint density at radius 3 is 2.82 bits per heavy atom. The molecule has 6 heteroatoms. The number of halogens is 2. The first-order valence-electron chi connectivity index (χ1n) is 5.41. The maximum Gasteiger partial charge on any atom is 0.141 e. The van der Waals surface area contributed by atoms with E-state index in [0.717, 1.165) is 42.2 Å². The van der Waals surface area contributed by atoms with Gasteiger partial charge in [0.25, 0.3) is 0 Å². The van der Waals surface area contributed by atoms with Gasteiger partial charge >= 0.3 is 0 Å². The first kappa shape index (κ1) is 11.3. The predicted molar refractivity (Wildman–Crippen MR) is 70.9 cm³/mol. The van der Waals surface area contributed by atoms with E-state index in [4.69, 9.17) is 16.3 Å². The largest absolute Gasteiger partial charge is 0.378 e. The number of aromatic nitrogens is 2. The lowest BCUT2D eigenvalue weighted by Gasteiger charge is -2.29. The van der Waals surface area contributed by atoms with Crippen LogP contribution in [-0.4, -0.2) is 35.7 Å². The van der Waals surface area contributed by atoms with Gasteiger partial charge in [-0.3, -0.25) is 4.40 Å². The standard InChI is InChI=1S/C11H11BrClN3O/c12-8-5-10-14-9(13)6-11(16(10)7-8)15-1-3-17-4-2-15/h5-7H,1-4H2. The monoisotopic (exact) mass is 315 g/mol. The fourth-order valence-electron chi connectivity index (χ4n) is 2.04. The van der Waals surface area contributed by atoms with Crippen LogP contribution in [0.1, 0.15) is 0 Å². The van der Waals surface area contributed by atoms with Crippen molar-refractivity contribution in [1.82, 2.24) is 9.38 Å². The zero-order valence-corrected chi connectivity index (χ0v) is 11.4. The lowest BCUT2D eigenvalue weighted by Crippen LogP contribution is -2.37. The minimum atomic E-state index is 0.518. The molecule has 0 aromatic carbocycles. The minimum absolute atomic E-state index is 0.518. The number of nitrogens with zero attached hydrogens (tertiary/aromatic N) is 3. The van der Waals surface area contributed by atoms with Crippen molar-refractivity contribution >= 4 is 39.0 Å². The van der Waals surface area contributed by atoms with Gasteiger partial charge in [0.1, 0.15) is 16.6 Å². The Balaban J connectivity index is 2.12. The summed E-state index contributed by atoms with van der Waals surface area (Å²) in [6, 6.07) is 3.85. The third-order valence-electron chi connectivity index (χ3n) is 2.82. The SMILES string of the molecule is Clc1cc(N2CCOCC2)n2cc(Br)cc2n1. The molecule has 4 nitrogen and oxygen atoms in total. The van der Waals surface area contributed by atoms with Gasteiger partial charge in [0.05, 0.1) is 13.2 Å². The van der Waals surface area contributed by atoms with Gasteiger partial charge in [0.2, 0.25) is 0 Å². The fourth-order valence-corrected chi connectivity index (χ4v) is 2.64. The average molecular weight is 317 g/mol. The van der Waals surface area contributed by atoms with Crippen LogP contribution >= 0.6 is 27.5 Å². The van der Waals surface area contributed by atoms with Gasteiger partial charge in [-0.25, -0.2) is 4.98 Å². The molecule has 3 heterocycles. The van der Waals surface area contributed by atoms with Gasteiger partial charge < -0.3 is 9.64 Å². The van der Waals surface area contributed by atoms with Crippen molar-refractivity contribution in [2.24, 2.45) is 0 Å². The first-order chi connectivity index (χ1) is 8.24. The van der Waals surface area contributed by atoms with E-state index in [1.54, 1.807) is 0 Å². The number of fused-ring (bicyclic) bond motifs is 1. The van der Waals surface area contributed by atoms with Gasteiger partial charge in [-0.05, 0) is 22.0 Å². The molecule has 0 atom stereocenters. The summed E-state index contributed by atoms with van der Waals surface area (Å²) < 4.78 is 8.40. The number of rotatable bonds is 1. The summed E-state index contributed by atoms with van der Waals surface area (Å²) in [7, 11) is 0. The Hall–Kier alpha value is -0.780. The summed E-state index contributed by atoms with van der Waals surface area (Å²) in [5.41, 5.74) is 0.853. The molecule has 1 fully saturated rings. The maximum absolute atomic E-state index is 6.05. The van der Waals surface area contributed by atoms with E-state index in [-0.39, 0.29) is 0 Å². The van der Waals surface area contributed by atoms with Gasteiger partial charge in [-0.2, -0.15) is 0 Å². The number of morpholine rings is 1. The van der Waals surface area contributed by atoms with E-state index >= 15 is 0 Å². The molecule has 1 saturated heterocycles. The smallest absolute Gasteiger partial charge is 0.141 e. The van der Waals surface area contributed by atoms with E-state index in [9.17, 15) is 0 Å². The molecule has 3 rings (SSSR count). The summed E-state index contributed by atoms with van der Waals surface area (Å²) in [4.78, 5) is 6.55. The Morgan fingerprint density at radius 1 is 1.29 bits per heavy atom. The minimum Gasteiger partial charge on any atom is -0.378 e. The lowest BCUT2D eigenvalue weighted by atomic mass is 10.4. The van der Waals surface area contributed by atoms with Crippen molar-refractivity contribution in [3.63, 3.8) is 0 Å². The molecule has 0 unspecified atom stereocenters. The van der Waals surface area contributed by atoms with E-state index in [1.807, 2.05) is 22.7 Å². The Kier molecular flexibility index (Phi) is 2.98. The first-order valence-corrected chi connectivity index (χ1v) is 6.58. The molecule has 90 valence electrons. The molecule has 0 aliphatic carbocycles. The Labute approximate surface area is 112 Å². The van der Waals surface area contributed by atoms with Gasteiger partial charge in [-0.15, -0.1) is 0 Å². The summed E-state index contributed by atoms with van der Waals surface area (Å²) in [5, 5.41) is 0.518. The normalized spacial score (nSPS) is 16.7. The Bertz CT molecular complexity index is 551. The van der Waals surface area contributed by atoms with E-state index in [1.165, 1.54) is 0 Å². The van der Waals surface area contributed by atoms with Gasteiger partial charge in [-0.1, -0.05) is 11.6 Å². The zero-order valence-electron chi connectivity index (χ0n) is 9.07. The van der Waals surface area contributed by atoms with Crippen LogP contribution in [0.25, 0.3) is 5.65 Å². The molecule has 0 spiro atoms. The average Bonchev–Trinajstić information content (AvgIpc) is 2.69. The van der Waals surface area contributed by atoms with Crippen LogP contribution in [0.15, 0.2) is 22.8 Å². The van der Waals surface area contributed by atoms with Crippen molar-refractivity contribution in [2.75, 3.05) is 31.2 Å². The highest BCUT2D eigenvalue weighted by Gasteiger charge is 2.15. The summed E-state index contributed by atoms with van der Waals surface area (Å²) in [6.45, 7) is 3.27. The number of hydrogen-bond acceptors (Lipinski definition) is 3. The zero-order chi connectivity index (χ0) is 11.8. The third kappa shape index (κ3) is 2.14. The highest BCUT2D eigenvalue weighted by Crippen LogP contribution is 2.25. The summed E-state index contributed by atoms with van der Waals surface area (Å²) >= 11 is 9.51. The van der Waals surface area contributed by atoms with E-state index < -0.39 is 0 Å². The van der Waals surface area contributed by atoms with Crippen LogP contribution < -0.4 is 4.90 Å². The van der Waals surface area contributed by atoms with Gasteiger partial charge in [0, 0.05) is 29.8 Å². The van der Waals surface area contributed by atoms with Crippen LogP contribution in [0.5, 0.6) is 0 Å². The molecule has 1 aliphatic heterocycles. The van der Waals surface area contributed by atoms with E-state index in [0.29, 0.717) is 5.15 Å². The molecular formula is C11H11BrClN3O. The summed E-state index contributed by atoms with van der Waals surface area (Å²) in [5.74, 6) is 1.06. The number of hydrogen-bond donors (Lipinski definition) is 0. The van der Waals surface area contributed by atoms with Crippen molar-refractivity contribution in [2.45, 2.75) is 0 Å². The molecule has 0 amide bonds. The second-order valence-electron chi connectivity index (χ2n) is 3.92. The second-order valence-corrected chi connectivity index (χ2v) is 5.23. The third-order valence-corrected chi connectivity index (χ3v) is 3.44. The van der Waals surface area contributed by atoms with Crippen molar-refractivity contribution in [3.8, 4) is 0 Å². The highest BCUT2D eigenvalue weighted by atomic mass is 79.9. The van der Waals surface area contributed by atoms with Crippen LogP contribution in [-0.2, 0) is 4.74 Å². The molecule has 1 aliphatic rings. The maximum atomic E-state index is 6.05. The predicted octanol–water partition coefficient (Wildman–Crippen LogP) is 2.59. The molecule has 0 radical (unpaired) electrons. The molecule has 2 aromatic heterocycles. The van der Waals surface area contributed by atoms with Gasteiger partial charge in [0.15, 0.2) is 0 Å². The van der Waals surface area contributed by atoms with E-state index in [2.05, 4.69) is 25.8 Å². The fraction of sp³-hybridized carbons (Fsp3) is 0.364. The van der Waals surface area contributed by atoms with Crippen molar-refractivity contribution in [1.29, 1.82) is 0 Å². The van der Waals surface area contributed by atoms with Crippen molar-refractivity contribution in [3.05, 3.63) is 28.0 Å². The molecule has 2 aromatic rings. The topological polar surface area (TPSA) is 29.8 Å². The molecular weight excluding hydrogens is 305 g/mol. The van der Waals surface area contributed by atoms with Crippen LogP contribution in [0, 0.1) is 0 Å². The quantitative estimate of drug-likeness (QED) is 0.758. The molecule has 0 saturated carbocycles. The van der Waals surface area contributed by atoms with Crippen LogP contribution in [0.4, 0.5) is 5.82 Å². The second kappa shape index (κ2) is 4.48. The lowest BCUT2D eigenvalue weighted by molar-refractivity contribution is 0.122. The number of ether oxygens (including phenoxy) is 1. The number of anilines is 1. The van der Waals surface area contributed by atoms with Crippen LogP contribution in [0.2, 0.25) is 5.15 Å². The van der Waals surface area contributed by atoms with Crippen LogP contribution in [0.3, 0.4) is 0 Å². The summed E-state index contributed by atoms with van der Waals surface area (Å²) in [6.07, 6.45) is 2.00. The van der Waals surface area contributed by atoms with Crippen molar-refractivity contribution < 1.29 is 4.74 Å².